The Morgan fingerprint density at radius 1 is 0.465 bits per heavy atom. The second kappa shape index (κ2) is 32.0. The van der Waals surface area contributed by atoms with Gasteiger partial charge in [0.05, 0.1) is 35.9 Å². The van der Waals surface area contributed by atoms with Gasteiger partial charge in [0.2, 0.25) is 0 Å². The van der Waals surface area contributed by atoms with Gasteiger partial charge in [0.25, 0.3) is 0 Å². The van der Waals surface area contributed by atoms with E-state index in [0.717, 1.165) is 73.4 Å². The first-order chi connectivity index (χ1) is 20.9. The number of carbonyl (C=O) groups is 2. The van der Waals surface area contributed by atoms with E-state index in [4.69, 9.17) is 8.37 Å². The molecule has 4 unspecified atom stereocenters. The first-order valence-corrected chi connectivity index (χ1v) is 21.1. The number of thioether (sulfide) groups is 1. The number of hydrogen-bond acceptors (Lipinski definition) is 7. The van der Waals surface area contributed by atoms with E-state index in [2.05, 4.69) is 27.7 Å². The molecule has 0 amide bonds. The first kappa shape index (κ1) is 43.0. The summed E-state index contributed by atoms with van der Waals surface area (Å²) < 4.78 is 10.9. The molecule has 0 aliphatic rings. The van der Waals surface area contributed by atoms with Gasteiger partial charge in [-0.2, -0.15) is 11.8 Å². The first-order valence-electron chi connectivity index (χ1n) is 18.1. The van der Waals surface area contributed by atoms with Crippen molar-refractivity contribution in [3.63, 3.8) is 0 Å². The SMILES string of the molecule is CCCCC(CCC)CCCCSOC(=O)C(C)CCCSCCCC(C)C(=O)OSCCCCC(CCC)CCCC. The Hall–Kier alpha value is -0.0100. The fourth-order valence-electron chi connectivity index (χ4n) is 5.54. The molecule has 0 saturated heterocycles. The van der Waals surface area contributed by atoms with Gasteiger partial charge in [-0.1, -0.05) is 131 Å². The molecule has 0 saturated carbocycles. The topological polar surface area (TPSA) is 52.6 Å². The van der Waals surface area contributed by atoms with E-state index in [9.17, 15) is 9.59 Å². The Kier molecular flexibility index (Phi) is 31.9. The molecule has 0 spiro atoms. The van der Waals surface area contributed by atoms with Crippen molar-refractivity contribution in [2.24, 2.45) is 23.7 Å². The van der Waals surface area contributed by atoms with Gasteiger partial charge >= 0.3 is 11.9 Å². The zero-order chi connectivity index (χ0) is 32.0. The molecule has 4 nitrogen and oxygen atoms in total. The summed E-state index contributed by atoms with van der Waals surface area (Å²) in [4.78, 5) is 24.6. The monoisotopic (exact) mass is 662 g/mol. The molecule has 0 aromatic rings. The van der Waals surface area contributed by atoms with Crippen LogP contribution in [-0.4, -0.2) is 35.0 Å². The molecule has 0 fully saturated rings. The lowest BCUT2D eigenvalue weighted by Gasteiger charge is -2.15. The van der Waals surface area contributed by atoms with Crippen molar-refractivity contribution in [1.29, 1.82) is 0 Å². The molecule has 0 aromatic carbocycles. The van der Waals surface area contributed by atoms with E-state index in [-0.39, 0.29) is 23.8 Å². The van der Waals surface area contributed by atoms with Crippen molar-refractivity contribution < 1.29 is 18.0 Å². The summed E-state index contributed by atoms with van der Waals surface area (Å²) in [6.45, 7) is 13.1. The Balaban J connectivity index is 3.71. The molecule has 0 aliphatic heterocycles. The standard InChI is InChI=1S/C36H70O4S3/c1-7-11-23-33(19-9-3)25-13-15-29-42-39-35(37)31(5)21-17-27-41-28-18-22-32(6)36(38)40-43-30-16-14-26-34(20-10-4)24-12-8-2/h31-34H,7-30H2,1-6H3. The highest BCUT2D eigenvalue weighted by atomic mass is 32.2. The molecule has 0 aromatic heterocycles. The zero-order valence-electron chi connectivity index (χ0n) is 29.1. The molecule has 256 valence electrons. The molecule has 0 radical (unpaired) electrons. The average Bonchev–Trinajstić information content (AvgIpc) is 3.00. The third-order valence-electron chi connectivity index (χ3n) is 8.44. The third-order valence-corrected chi connectivity index (χ3v) is 11.1. The van der Waals surface area contributed by atoms with Crippen molar-refractivity contribution in [2.75, 3.05) is 23.0 Å². The van der Waals surface area contributed by atoms with Crippen LogP contribution in [0.15, 0.2) is 0 Å². The molecule has 7 heteroatoms. The van der Waals surface area contributed by atoms with Crippen molar-refractivity contribution >= 4 is 47.8 Å². The summed E-state index contributed by atoms with van der Waals surface area (Å²) in [7, 11) is 0. The normalized spacial score (nSPS) is 14.3. The van der Waals surface area contributed by atoms with E-state index in [1.807, 2.05) is 25.6 Å². The van der Waals surface area contributed by atoms with Gasteiger partial charge in [0.15, 0.2) is 0 Å². The Labute approximate surface area is 281 Å². The lowest BCUT2D eigenvalue weighted by molar-refractivity contribution is -0.138. The van der Waals surface area contributed by atoms with E-state index >= 15 is 0 Å². The van der Waals surface area contributed by atoms with Crippen LogP contribution in [0.2, 0.25) is 0 Å². The maximum Gasteiger partial charge on any atom is 0.320 e. The van der Waals surface area contributed by atoms with Crippen LogP contribution in [0.25, 0.3) is 0 Å². The highest BCUT2D eigenvalue weighted by molar-refractivity contribution is 7.99. The predicted octanol–water partition coefficient (Wildman–Crippen LogP) is 12.5. The summed E-state index contributed by atoms with van der Waals surface area (Å²) in [5.74, 6) is 5.45. The molecule has 43 heavy (non-hydrogen) atoms. The highest BCUT2D eigenvalue weighted by Gasteiger charge is 2.16. The average molecular weight is 663 g/mol. The van der Waals surface area contributed by atoms with Crippen molar-refractivity contribution in [1.82, 2.24) is 0 Å². The van der Waals surface area contributed by atoms with Gasteiger partial charge in [-0.25, -0.2) is 0 Å². The summed E-state index contributed by atoms with van der Waals surface area (Å²) >= 11 is 4.61. The summed E-state index contributed by atoms with van der Waals surface area (Å²) in [6.07, 6.45) is 24.4. The molecule has 0 heterocycles. The van der Waals surface area contributed by atoms with E-state index in [1.54, 1.807) is 0 Å². The number of carbonyl (C=O) groups excluding carboxylic acids is 2. The number of hydrogen-bond donors (Lipinski definition) is 0. The van der Waals surface area contributed by atoms with Crippen LogP contribution in [0, 0.1) is 23.7 Å². The second-order valence-electron chi connectivity index (χ2n) is 12.7. The molecule has 0 N–H and O–H groups in total. The third kappa shape index (κ3) is 26.9. The summed E-state index contributed by atoms with van der Waals surface area (Å²) in [6, 6.07) is 0. The minimum absolute atomic E-state index is 0.0396. The lowest BCUT2D eigenvalue weighted by atomic mass is 9.92. The van der Waals surface area contributed by atoms with Crippen molar-refractivity contribution in [2.45, 2.75) is 170 Å². The minimum atomic E-state index is -0.0697. The van der Waals surface area contributed by atoms with Gasteiger partial charge in [-0.05, 0) is 61.9 Å². The molecule has 0 bridgehead atoms. The second-order valence-corrected chi connectivity index (χ2v) is 15.6. The lowest BCUT2D eigenvalue weighted by Crippen LogP contribution is -2.12. The van der Waals surface area contributed by atoms with Crippen LogP contribution in [0.4, 0.5) is 0 Å². The quantitative estimate of drug-likeness (QED) is 0.0525. The van der Waals surface area contributed by atoms with E-state index in [0.29, 0.717) is 0 Å². The number of unbranched alkanes of at least 4 members (excludes halogenated alkanes) is 4. The van der Waals surface area contributed by atoms with Gasteiger partial charge in [-0.3, -0.25) is 9.59 Å². The molecular formula is C36H70O4S3. The van der Waals surface area contributed by atoms with Gasteiger partial charge < -0.3 is 8.37 Å². The zero-order valence-corrected chi connectivity index (χ0v) is 31.6. The van der Waals surface area contributed by atoms with Crippen molar-refractivity contribution in [3.8, 4) is 0 Å². The number of rotatable bonds is 32. The van der Waals surface area contributed by atoms with Crippen LogP contribution in [0.5, 0.6) is 0 Å². The maximum absolute atomic E-state index is 12.3. The fraction of sp³-hybridized carbons (Fsp3) is 0.944. The maximum atomic E-state index is 12.3. The van der Waals surface area contributed by atoms with Crippen LogP contribution in [-0.2, 0) is 18.0 Å². The van der Waals surface area contributed by atoms with Crippen LogP contribution < -0.4 is 0 Å². The van der Waals surface area contributed by atoms with Gasteiger partial charge in [0, 0.05) is 11.5 Å². The van der Waals surface area contributed by atoms with E-state index < -0.39 is 0 Å². The Morgan fingerprint density at radius 2 is 0.860 bits per heavy atom. The van der Waals surface area contributed by atoms with Crippen LogP contribution >= 0.6 is 35.8 Å². The Morgan fingerprint density at radius 3 is 1.23 bits per heavy atom. The smallest absolute Gasteiger partial charge is 0.320 e. The Bertz CT molecular complexity index is 582. The van der Waals surface area contributed by atoms with Crippen molar-refractivity contribution in [3.05, 3.63) is 0 Å². The van der Waals surface area contributed by atoms with Gasteiger partial charge in [0.1, 0.15) is 0 Å². The molecule has 4 atom stereocenters. The predicted molar refractivity (Wildman–Crippen MR) is 195 cm³/mol. The highest BCUT2D eigenvalue weighted by Crippen LogP contribution is 2.24. The minimum Gasteiger partial charge on any atom is -0.391 e. The molecule has 0 rings (SSSR count). The van der Waals surface area contributed by atoms with Gasteiger partial charge in [-0.15, -0.1) is 0 Å². The van der Waals surface area contributed by atoms with Crippen LogP contribution in [0.1, 0.15) is 170 Å². The largest absolute Gasteiger partial charge is 0.391 e. The summed E-state index contributed by atoms with van der Waals surface area (Å²) in [5, 5.41) is 0. The molecular weight excluding hydrogens is 593 g/mol. The molecule has 0 aliphatic carbocycles. The van der Waals surface area contributed by atoms with E-state index in [1.165, 1.54) is 114 Å². The van der Waals surface area contributed by atoms with Crippen LogP contribution in [0.3, 0.4) is 0 Å². The fourth-order valence-corrected chi connectivity index (χ4v) is 7.86. The summed E-state index contributed by atoms with van der Waals surface area (Å²) in [5.41, 5.74) is 0.